The van der Waals surface area contributed by atoms with Crippen molar-refractivity contribution in [1.82, 2.24) is 9.80 Å². The molecule has 0 radical (unpaired) electrons. The fourth-order valence-electron chi connectivity index (χ4n) is 3.21. The van der Waals surface area contributed by atoms with E-state index in [9.17, 15) is 9.18 Å². The Morgan fingerprint density at radius 1 is 1.32 bits per heavy atom. The maximum absolute atomic E-state index is 12.8. The lowest BCUT2D eigenvalue weighted by molar-refractivity contribution is -0.0116. The quantitative estimate of drug-likeness (QED) is 0.854. The number of likely N-dealkylation sites (N-methyl/N-ethyl adjacent to an activating group) is 1. The average molecular weight is 308 g/mol. The smallest absolute Gasteiger partial charge is 0.410 e. The van der Waals surface area contributed by atoms with E-state index < -0.39 is 0 Å². The summed E-state index contributed by atoms with van der Waals surface area (Å²) in [5.74, 6) is 0.401. The standard InChI is InChI=1S/C16H21FN2O3/c1-18-11-16(22-15(18)20)7-2-8-19(12-16)9-10-21-14-5-3-13(17)4-6-14/h3-6H,2,7-12H2,1H3/t16-/m1/s1. The van der Waals surface area contributed by atoms with E-state index in [1.807, 2.05) is 0 Å². The Morgan fingerprint density at radius 2 is 2.09 bits per heavy atom. The second-order valence-corrected chi connectivity index (χ2v) is 6.09. The van der Waals surface area contributed by atoms with Crippen molar-refractivity contribution >= 4 is 6.09 Å². The summed E-state index contributed by atoms with van der Waals surface area (Å²) in [7, 11) is 1.77. The van der Waals surface area contributed by atoms with Gasteiger partial charge in [-0.1, -0.05) is 0 Å². The average Bonchev–Trinajstić information content (AvgIpc) is 2.75. The van der Waals surface area contributed by atoms with E-state index in [2.05, 4.69) is 4.90 Å². The molecule has 120 valence electrons. The highest BCUT2D eigenvalue weighted by Crippen LogP contribution is 2.31. The fourth-order valence-corrected chi connectivity index (χ4v) is 3.21. The van der Waals surface area contributed by atoms with Crippen LogP contribution in [0.1, 0.15) is 12.8 Å². The molecule has 22 heavy (non-hydrogen) atoms. The van der Waals surface area contributed by atoms with Crippen molar-refractivity contribution in [2.45, 2.75) is 18.4 Å². The molecule has 2 aliphatic rings. The van der Waals surface area contributed by atoms with Gasteiger partial charge < -0.3 is 14.4 Å². The molecule has 1 atom stereocenters. The van der Waals surface area contributed by atoms with Gasteiger partial charge in [-0.15, -0.1) is 0 Å². The van der Waals surface area contributed by atoms with Gasteiger partial charge in [0, 0.05) is 20.1 Å². The van der Waals surface area contributed by atoms with Gasteiger partial charge in [-0.05, 0) is 43.7 Å². The summed E-state index contributed by atoms with van der Waals surface area (Å²) in [6, 6.07) is 6.03. The van der Waals surface area contributed by atoms with Crippen LogP contribution < -0.4 is 4.74 Å². The molecule has 5 nitrogen and oxygen atoms in total. The number of likely N-dealkylation sites (tertiary alicyclic amines) is 1. The maximum Gasteiger partial charge on any atom is 0.410 e. The number of carbonyl (C=O) groups is 1. The van der Waals surface area contributed by atoms with Gasteiger partial charge in [0.15, 0.2) is 0 Å². The van der Waals surface area contributed by atoms with Crippen LogP contribution in [0.4, 0.5) is 9.18 Å². The van der Waals surface area contributed by atoms with Gasteiger partial charge in [-0.2, -0.15) is 0 Å². The molecule has 0 N–H and O–H groups in total. The summed E-state index contributed by atoms with van der Waals surface area (Å²) in [5, 5.41) is 0. The van der Waals surface area contributed by atoms with Gasteiger partial charge >= 0.3 is 6.09 Å². The van der Waals surface area contributed by atoms with E-state index >= 15 is 0 Å². The van der Waals surface area contributed by atoms with Gasteiger partial charge in [0.25, 0.3) is 0 Å². The van der Waals surface area contributed by atoms with Crippen LogP contribution in [0.25, 0.3) is 0 Å². The predicted octanol–water partition coefficient (Wildman–Crippen LogP) is 2.12. The number of hydrogen-bond donors (Lipinski definition) is 0. The van der Waals surface area contributed by atoms with Crippen molar-refractivity contribution < 1.29 is 18.7 Å². The number of benzene rings is 1. The van der Waals surface area contributed by atoms with Gasteiger partial charge in [-0.3, -0.25) is 4.90 Å². The molecular formula is C16H21FN2O3. The Kier molecular flexibility index (Phi) is 4.20. The highest BCUT2D eigenvalue weighted by atomic mass is 19.1. The van der Waals surface area contributed by atoms with Crippen LogP contribution in [-0.4, -0.2) is 61.3 Å². The molecule has 0 saturated carbocycles. The molecule has 0 aliphatic carbocycles. The molecule has 2 aliphatic heterocycles. The number of amides is 1. The van der Waals surface area contributed by atoms with Gasteiger partial charge in [0.05, 0.1) is 6.54 Å². The van der Waals surface area contributed by atoms with Crippen LogP contribution in [0.2, 0.25) is 0 Å². The van der Waals surface area contributed by atoms with Crippen LogP contribution in [0.3, 0.4) is 0 Å². The molecule has 2 fully saturated rings. The van der Waals surface area contributed by atoms with Gasteiger partial charge in [0.2, 0.25) is 0 Å². The topological polar surface area (TPSA) is 42.0 Å². The Balaban J connectivity index is 1.49. The molecule has 1 spiro atoms. The number of hydrogen-bond acceptors (Lipinski definition) is 4. The highest BCUT2D eigenvalue weighted by Gasteiger charge is 2.46. The minimum absolute atomic E-state index is 0.232. The third kappa shape index (κ3) is 3.32. The first-order chi connectivity index (χ1) is 10.6. The number of carbonyl (C=O) groups excluding carboxylic acids is 1. The molecule has 0 bridgehead atoms. The van der Waals surface area contributed by atoms with Gasteiger partial charge in [-0.25, -0.2) is 9.18 Å². The van der Waals surface area contributed by atoms with E-state index in [0.29, 0.717) is 18.9 Å². The highest BCUT2D eigenvalue weighted by molar-refractivity contribution is 5.70. The van der Waals surface area contributed by atoms with Crippen molar-refractivity contribution in [3.05, 3.63) is 30.1 Å². The SMILES string of the molecule is CN1C[C@@]2(CCCN(CCOc3ccc(F)cc3)C2)OC1=O. The van der Waals surface area contributed by atoms with Crippen LogP contribution >= 0.6 is 0 Å². The second-order valence-electron chi connectivity index (χ2n) is 6.09. The summed E-state index contributed by atoms with van der Waals surface area (Å²) in [5.41, 5.74) is -0.361. The third-order valence-corrected chi connectivity index (χ3v) is 4.25. The molecule has 3 rings (SSSR count). The Labute approximate surface area is 129 Å². The van der Waals surface area contributed by atoms with E-state index in [-0.39, 0.29) is 17.5 Å². The molecule has 0 aromatic heterocycles. The van der Waals surface area contributed by atoms with Crippen molar-refractivity contribution in [3.63, 3.8) is 0 Å². The van der Waals surface area contributed by atoms with E-state index in [1.165, 1.54) is 12.1 Å². The first kappa shape index (κ1) is 15.1. The number of rotatable bonds is 4. The zero-order chi connectivity index (χ0) is 15.6. The number of ether oxygens (including phenoxy) is 2. The van der Waals surface area contributed by atoms with Gasteiger partial charge in [0.1, 0.15) is 23.8 Å². The first-order valence-corrected chi connectivity index (χ1v) is 7.61. The van der Waals surface area contributed by atoms with Crippen molar-refractivity contribution in [3.8, 4) is 5.75 Å². The van der Waals surface area contributed by atoms with Crippen LogP contribution in [0.15, 0.2) is 24.3 Å². The van der Waals surface area contributed by atoms with Crippen molar-refractivity contribution in [2.75, 3.05) is 39.8 Å². The predicted molar refractivity (Wildman–Crippen MR) is 79.4 cm³/mol. The second kappa shape index (κ2) is 6.12. The molecule has 2 heterocycles. The number of piperidine rings is 1. The molecule has 1 amide bonds. The lowest BCUT2D eigenvalue weighted by atomic mass is 9.93. The minimum Gasteiger partial charge on any atom is -0.492 e. The van der Waals surface area contributed by atoms with Crippen LogP contribution in [0.5, 0.6) is 5.75 Å². The van der Waals surface area contributed by atoms with Crippen molar-refractivity contribution in [2.24, 2.45) is 0 Å². The molecule has 1 aromatic rings. The summed E-state index contributed by atoms with van der Waals surface area (Å²) in [4.78, 5) is 15.5. The summed E-state index contributed by atoms with van der Waals surface area (Å²) in [6.07, 6.45) is 1.69. The third-order valence-electron chi connectivity index (χ3n) is 4.25. The Bertz CT molecular complexity index is 537. The zero-order valence-electron chi connectivity index (χ0n) is 12.8. The largest absolute Gasteiger partial charge is 0.492 e. The number of nitrogens with zero attached hydrogens (tertiary/aromatic N) is 2. The number of halogens is 1. The zero-order valence-corrected chi connectivity index (χ0v) is 12.8. The van der Waals surface area contributed by atoms with Crippen LogP contribution in [-0.2, 0) is 4.74 Å². The lowest BCUT2D eigenvalue weighted by Crippen LogP contribution is -2.51. The maximum atomic E-state index is 12.8. The summed E-state index contributed by atoms with van der Waals surface area (Å²) < 4.78 is 24.0. The Morgan fingerprint density at radius 3 is 2.77 bits per heavy atom. The molecule has 2 saturated heterocycles. The normalized spacial score (nSPS) is 25.5. The molecule has 6 heteroatoms. The van der Waals surface area contributed by atoms with E-state index in [1.54, 1.807) is 24.1 Å². The van der Waals surface area contributed by atoms with Crippen molar-refractivity contribution in [1.29, 1.82) is 0 Å². The summed E-state index contributed by atoms with van der Waals surface area (Å²) in [6.45, 7) is 3.68. The monoisotopic (exact) mass is 308 g/mol. The lowest BCUT2D eigenvalue weighted by Gasteiger charge is -2.38. The molecule has 1 aromatic carbocycles. The molecular weight excluding hydrogens is 287 g/mol. The minimum atomic E-state index is -0.361. The van der Waals surface area contributed by atoms with E-state index in [0.717, 1.165) is 32.5 Å². The molecule has 0 unspecified atom stereocenters. The first-order valence-electron chi connectivity index (χ1n) is 7.61. The van der Waals surface area contributed by atoms with E-state index in [4.69, 9.17) is 9.47 Å². The Hall–Kier alpha value is -1.82. The fraction of sp³-hybridized carbons (Fsp3) is 0.562. The van der Waals surface area contributed by atoms with Crippen LogP contribution in [0, 0.1) is 5.82 Å². The summed E-state index contributed by atoms with van der Waals surface area (Å²) >= 11 is 0.